The minimum absolute atomic E-state index is 0.0539. The van der Waals surface area contributed by atoms with Gasteiger partial charge in [0.05, 0.1) is 4.92 Å². The van der Waals surface area contributed by atoms with Gasteiger partial charge >= 0.3 is 0 Å². The summed E-state index contributed by atoms with van der Waals surface area (Å²) >= 11 is 5.70. The number of halogens is 1. The Kier molecular flexibility index (Phi) is 5.46. The van der Waals surface area contributed by atoms with E-state index in [4.69, 9.17) is 11.6 Å². The van der Waals surface area contributed by atoms with Gasteiger partial charge in [-0.25, -0.2) is 4.98 Å². The van der Waals surface area contributed by atoms with Gasteiger partial charge in [0.1, 0.15) is 16.9 Å². The fourth-order valence-electron chi connectivity index (χ4n) is 2.41. The van der Waals surface area contributed by atoms with E-state index in [1.165, 1.54) is 6.07 Å². The molecule has 8 heteroatoms. The molecule has 0 radical (unpaired) electrons. The molecule has 0 saturated carbocycles. The summed E-state index contributed by atoms with van der Waals surface area (Å²) in [5.74, 6) is 0.0461. The highest BCUT2D eigenvalue weighted by Crippen LogP contribution is 2.20. The van der Waals surface area contributed by atoms with Crippen molar-refractivity contribution in [2.24, 2.45) is 5.92 Å². The van der Waals surface area contributed by atoms with Crippen molar-refractivity contribution in [1.82, 2.24) is 15.6 Å². The van der Waals surface area contributed by atoms with Crippen molar-refractivity contribution in [3.63, 3.8) is 0 Å². The van der Waals surface area contributed by atoms with Crippen molar-refractivity contribution in [1.29, 1.82) is 0 Å². The van der Waals surface area contributed by atoms with Crippen molar-refractivity contribution in [2.45, 2.75) is 19.3 Å². The number of aromatic nitrogens is 1. The quantitative estimate of drug-likeness (QED) is 0.490. The standard InChI is InChI=1S/C13H17ClN4O3/c14-12-6-10(11(8-17-12)18(20)21)13(19)16-5-3-9-2-1-4-15-7-9/h6,8-9,15H,1-5,7H2,(H,16,19). The van der Waals surface area contributed by atoms with Gasteiger partial charge in [-0.05, 0) is 44.3 Å². The molecule has 7 nitrogen and oxygen atoms in total. The molecule has 2 heterocycles. The third kappa shape index (κ3) is 4.37. The number of hydrogen-bond acceptors (Lipinski definition) is 5. The van der Waals surface area contributed by atoms with Crippen molar-refractivity contribution < 1.29 is 9.72 Å². The van der Waals surface area contributed by atoms with Crippen molar-refractivity contribution in [3.05, 3.63) is 33.1 Å². The second-order valence-electron chi connectivity index (χ2n) is 5.04. The summed E-state index contributed by atoms with van der Waals surface area (Å²) in [4.78, 5) is 25.9. The van der Waals surface area contributed by atoms with E-state index in [1.807, 2.05) is 0 Å². The molecule has 0 aromatic carbocycles. The number of carbonyl (C=O) groups excluding carboxylic acids is 1. The summed E-state index contributed by atoms with van der Waals surface area (Å²) in [6.45, 7) is 2.49. The van der Waals surface area contributed by atoms with Gasteiger partial charge in [0.25, 0.3) is 11.6 Å². The zero-order chi connectivity index (χ0) is 15.2. The van der Waals surface area contributed by atoms with E-state index in [0.29, 0.717) is 12.5 Å². The molecule has 0 spiro atoms. The van der Waals surface area contributed by atoms with Gasteiger partial charge in [-0.3, -0.25) is 14.9 Å². The Morgan fingerprint density at radius 2 is 2.43 bits per heavy atom. The molecule has 1 amide bonds. The second kappa shape index (κ2) is 7.33. The number of amides is 1. The van der Waals surface area contributed by atoms with E-state index >= 15 is 0 Å². The highest BCUT2D eigenvalue weighted by Gasteiger charge is 2.21. The maximum absolute atomic E-state index is 12.0. The van der Waals surface area contributed by atoms with E-state index in [0.717, 1.165) is 38.5 Å². The average Bonchev–Trinajstić information content (AvgIpc) is 2.47. The summed E-state index contributed by atoms with van der Waals surface area (Å²) in [6, 6.07) is 1.22. The molecule has 21 heavy (non-hydrogen) atoms. The minimum atomic E-state index is -0.636. The summed E-state index contributed by atoms with van der Waals surface area (Å²) in [5.41, 5.74) is -0.391. The van der Waals surface area contributed by atoms with Gasteiger partial charge < -0.3 is 10.6 Å². The number of nitrogens with zero attached hydrogens (tertiary/aromatic N) is 2. The third-order valence-corrected chi connectivity index (χ3v) is 3.73. The van der Waals surface area contributed by atoms with E-state index in [1.54, 1.807) is 0 Å². The van der Waals surface area contributed by atoms with Gasteiger partial charge in [0, 0.05) is 6.54 Å². The first kappa shape index (κ1) is 15.7. The molecule has 1 aliphatic heterocycles. The van der Waals surface area contributed by atoms with Crippen molar-refractivity contribution in [2.75, 3.05) is 19.6 Å². The molecular weight excluding hydrogens is 296 g/mol. The predicted molar refractivity (Wildman–Crippen MR) is 78.4 cm³/mol. The second-order valence-corrected chi connectivity index (χ2v) is 5.43. The molecular formula is C13H17ClN4O3. The zero-order valence-electron chi connectivity index (χ0n) is 11.5. The molecule has 114 valence electrons. The molecule has 1 saturated heterocycles. The molecule has 1 aliphatic rings. The molecule has 1 atom stereocenters. The lowest BCUT2D eigenvalue weighted by Gasteiger charge is -2.22. The van der Waals surface area contributed by atoms with Crippen LogP contribution in [0.15, 0.2) is 12.3 Å². The predicted octanol–water partition coefficient (Wildman–Crippen LogP) is 1.76. The van der Waals surface area contributed by atoms with Crippen LogP contribution in [0.5, 0.6) is 0 Å². The topological polar surface area (TPSA) is 97.2 Å². The zero-order valence-corrected chi connectivity index (χ0v) is 12.2. The molecule has 0 aliphatic carbocycles. The van der Waals surface area contributed by atoms with E-state index < -0.39 is 10.8 Å². The van der Waals surface area contributed by atoms with Gasteiger partial charge in [-0.15, -0.1) is 0 Å². The van der Waals surface area contributed by atoms with Crippen LogP contribution in [-0.4, -0.2) is 35.4 Å². The smallest absolute Gasteiger partial charge is 0.300 e. The maximum Gasteiger partial charge on any atom is 0.300 e. The number of nitrogens with one attached hydrogen (secondary N) is 2. The number of carbonyl (C=O) groups is 1. The van der Waals surface area contributed by atoms with Crippen LogP contribution in [0.1, 0.15) is 29.6 Å². The third-order valence-electron chi connectivity index (χ3n) is 3.53. The van der Waals surface area contributed by atoms with Crippen LogP contribution >= 0.6 is 11.6 Å². The number of nitro groups is 1. The first-order valence-corrected chi connectivity index (χ1v) is 7.24. The lowest BCUT2D eigenvalue weighted by molar-refractivity contribution is -0.385. The van der Waals surface area contributed by atoms with Gasteiger partial charge in [0.2, 0.25) is 0 Å². The van der Waals surface area contributed by atoms with Crippen LogP contribution in [0.25, 0.3) is 0 Å². The number of rotatable bonds is 5. The number of hydrogen-bond donors (Lipinski definition) is 2. The maximum atomic E-state index is 12.0. The Balaban J connectivity index is 1.93. The summed E-state index contributed by atoms with van der Waals surface area (Å²) in [7, 11) is 0. The number of piperidine rings is 1. The number of pyridine rings is 1. The lowest BCUT2D eigenvalue weighted by atomic mass is 9.96. The van der Waals surface area contributed by atoms with Gasteiger partial charge in [-0.2, -0.15) is 0 Å². The van der Waals surface area contributed by atoms with Crippen LogP contribution in [0, 0.1) is 16.0 Å². The van der Waals surface area contributed by atoms with E-state index in [-0.39, 0.29) is 16.4 Å². The Hall–Kier alpha value is -1.73. The van der Waals surface area contributed by atoms with Crippen LogP contribution < -0.4 is 10.6 Å². The van der Waals surface area contributed by atoms with Gasteiger partial charge in [-0.1, -0.05) is 11.6 Å². The van der Waals surface area contributed by atoms with Crippen LogP contribution in [0.2, 0.25) is 5.15 Å². The molecule has 1 aromatic rings. The Morgan fingerprint density at radius 1 is 1.62 bits per heavy atom. The largest absolute Gasteiger partial charge is 0.352 e. The minimum Gasteiger partial charge on any atom is -0.352 e. The monoisotopic (exact) mass is 312 g/mol. The Morgan fingerprint density at radius 3 is 3.10 bits per heavy atom. The SMILES string of the molecule is O=C(NCCC1CCCNC1)c1cc(Cl)ncc1[N+](=O)[O-]. The van der Waals surface area contributed by atoms with Crippen molar-refractivity contribution in [3.8, 4) is 0 Å². The highest BCUT2D eigenvalue weighted by atomic mass is 35.5. The summed E-state index contributed by atoms with van der Waals surface area (Å²) < 4.78 is 0. The van der Waals surface area contributed by atoms with E-state index in [2.05, 4.69) is 15.6 Å². The molecule has 2 rings (SSSR count). The fraction of sp³-hybridized carbons (Fsp3) is 0.538. The van der Waals surface area contributed by atoms with Gasteiger partial charge in [0.15, 0.2) is 0 Å². The summed E-state index contributed by atoms with van der Waals surface area (Å²) in [5, 5.41) is 17.0. The molecule has 1 aromatic heterocycles. The lowest BCUT2D eigenvalue weighted by Crippen LogP contribution is -2.33. The van der Waals surface area contributed by atoms with Crippen LogP contribution in [0.4, 0.5) is 5.69 Å². The van der Waals surface area contributed by atoms with E-state index in [9.17, 15) is 14.9 Å². The average molecular weight is 313 g/mol. The molecule has 0 bridgehead atoms. The molecule has 1 fully saturated rings. The molecule has 2 N–H and O–H groups in total. The Bertz CT molecular complexity index is 532. The first-order chi connectivity index (χ1) is 10.1. The fourth-order valence-corrected chi connectivity index (χ4v) is 2.56. The normalized spacial score (nSPS) is 18.2. The summed E-state index contributed by atoms with van der Waals surface area (Å²) in [6.07, 6.45) is 4.14. The van der Waals surface area contributed by atoms with Crippen molar-refractivity contribution >= 4 is 23.2 Å². The van der Waals surface area contributed by atoms with Crippen LogP contribution in [0.3, 0.4) is 0 Å². The first-order valence-electron chi connectivity index (χ1n) is 6.87. The molecule has 1 unspecified atom stereocenters. The Labute approximate surface area is 127 Å². The van der Waals surface area contributed by atoms with Crippen LogP contribution in [-0.2, 0) is 0 Å². The highest BCUT2D eigenvalue weighted by molar-refractivity contribution is 6.29.